The zero-order valence-corrected chi connectivity index (χ0v) is 13.8. The van der Waals surface area contributed by atoms with Gasteiger partial charge in [-0.3, -0.25) is 4.79 Å². The summed E-state index contributed by atoms with van der Waals surface area (Å²) in [4.78, 5) is 12.3. The topological polar surface area (TPSA) is 54.9 Å². The summed E-state index contributed by atoms with van der Waals surface area (Å²) >= 11 is 8.65. The van der Waals surface area contributed by atoms with E-state index >= 15 is 0 Å². The lowest BCUT2D eigenvalue weighted by atomic mass is 10.1. The van der Waals surface area contributed by atoms with Crippen molar-refractivity contribution in [3.05, 3.63) is 47.5 Å². The first-order chi connectivity index (χ1) is 10.1. The average Bonchev–Trinajstić information content (AvgIpc) is 2.92. The molecule has 1 atom stereocenters. The van der Waals surface area contributed by atoms with Crippen molar-refractivity contribution in [3.8, 4) is 0 Å². The number of rotatable bonds is 7. The molecule has 0 bridgehead atoms. The van der Waals surface area contributed by atoms with Crippen LogP contribution in [0.5, 0.6) is 0 Å². The smallest absolute Gasteiger partial charge is 0.206 e. The van der Waals surface area contributed by atoms with Crippen LogP contribution in [0.3, 0.4) is 0 Å². The van der Waals surface area contributed by atoms with Gasteiger partial charge in [-0.25, -0.2) is 0 Å². The number of nitrogens with one attached hydrogen (secondary N) is 1. The van der Waals surface area contributed by atoms with E-state index < -0.39 is 0 Å². The molecule has 0 amide bonds. The van der Waals surface area contributed by atoms with Gasteiger partial charge in [-0.05, 0) is 31.2 Å². The van der Waals surface area contributed by atoms with Gasteiger partial charge in [0.1, 0.15) is 0 Å². The monoisotopic (exact) mass is 339 g/mol. The summed E-state index contributed by atoms with van der Waals surface area (Å²) < 4.78 is 0.761. The number of anilines is 1. The highest BCUT2D eigenvalue weighted by atomic mass is 35.5. The summed E-state index contributed by atoms with van der Waals surface area (Å²) in [7, 11) is 0. The second-order valence-corrected chi connectivity index (χ2v) is 7.18. The molecule has 1 aromatic heterocycles. The Morgan fingerprint density at radius 3 is 2.86 bits per heavy atom. The van der Waals surface area contributed by atoms with Crippen molar-refractivity contribution in [1.82, 2.24) is 10.2 Å². The van der Waals surface area contributed by atoms with Crippen molar-refractivity contribution in [3.63, 3.8) is 0 Å². The molecule has 21 heavy (non-hydrogen) atoms. The first-order valence-electron chi connectivity index (χ1n) is 6.25. The van der Waals surface area contributed by atoms with Gasteiger partial charge < -0.3 is 5.32 Å². The third kappa shape index (κ3) is 4.56. The van der Waals surface area contributed by atoms with E-state index in [1.54, 1.807) is 30.3 Å². The maximum Gasteiger partial charge on any atom is 0.206 e. The Balaban J connectivity index is 1.98. The molecule has 0 spiro atoms. The number of Topliss-reactive ketones (excluding diaryl/α,β-unsaturated/α-hetero) is 1. The first-order valence-corrected chi connectivity index (χ1v) is 8.32. The van der Waals surface area contributed by atoms with Gasteiger partial charge in [0.15, 0.2) is 10.1 Å². The molecule has 0 fully saturated rings. The molecule has 0 aliphatic carbocycles. The van der Waals surface area contributed by atoms with Gasteiger partial charge in [0.25, 0.3) is 0 Å². The molecular weight excluding hydrogens is 326 g/mol. The van der Waals surface area contributed by atoms with Crippen LogP contribution in [0.25, 0.3) is 0 Å². The molecule has 4 nitrogen and oxygen atoms in total. The van der Waals surface area contributed by atoms with Crippen molar-refractivity contribution in [2.45, 2.75) is 16.5 Å². The van der Waals surface area contributed by atoms with E-state index in [0.29, 0.717) is 17.1 Å². The summed E-state index contributed by atoms with van der Waals surface area (Å²) in [5.41, 5.74) is 0.647. The molecule has 0 saturated heterocycles. The SMILES string of the molecule is C=CCNc1nnc(S[C@H](C)C(=O)c2ccc(Cl)cc2)s1. The van der Waals surface area contributed by atoms with E-state index in [-0.39, 0.29) is 11.0 Å². The molecule has 2 rings (SSSR count). The van der Waals surface area contributed by atoms with Gasteiger partial charge in [-0.15, -0.1) is 16.8 Å². The highest BCUT2D eigenvalue weighted by molar-refractivity contribution is 8.02. The van der Waals surface area contributed by atoms with Crippen LogP contribution in [0.15, 0.2) is 41.3 Å². The summed E-state index contributed by atoms with van der Waals surface area (Å²) in [5, 5.41) is 12.3. The predicted octanol–water partition coefficient (Wildman–Crippen LogP) is 4.15. The molecule has 0 aliphatic rings. The summed E-state index contributed by atoms with van der Waals surface area (Å²) in [6, 6.07) is 6.90. The largest absolute Gasteiger partial charge is 0.357 e. The highest BCUT2D eigenvalue weighted by Crippen LogP contribution is 2.30. The molecule has 2 aromatic rings. The van der Waals surface area contributed by atoms with E-state index in [1.165, 1.54) is 23.1 Å². The summed E-state index contributed by atoms with van der Waals surface area (Å²) in [6.45, 7) is 6.13. The predicted molar refractivity (Wildman–Crippen MR) is 89.7 cm³/mol. The number of nitrogens with zero attached hydrogens (tertiary/aromatic N) is 2. The van der Waals surface area contributed by atoms with Gasteiger partial charge in [-0.2, -0.15) is 0 Å². The third-order valence-electron chi connectivity index (χ3n) is 2.58. The first kappa shape index (κ1) is 16.0. The second-order valence-electron chi connectivity index (χ2n) is 4.17. The Labute approximate surface area is 136 Å². The fourth-order valence-corrected chi connectivity index (χ4v) is 3.65. The zero-order chi connectivity index (χ0) is 15.2. The third-order valence-corrected chi connectivity index (χ3v) is 4.90. The Morgan fingerprint density at radius 1 is 1.48 bits per heavy atom. The van der Waals surface area contributed by atoms with Crippen molar-refractivity contribution >= 4 is 45.6 Å². The Bertz CT molecular complexity index is 627. The summed E-state index contributed by atoms with van der Waals surface area (Å²) in [6.07, 6.45) is 1.75. The number of thioether (sulfide) groups is 1. The van der Waals surface area contributed by atoms with E-state index in [1.807, 2.05) is 6.92 Å². The lowest BCUT2D eigenvalue weighted by Gasteiger charge is -2.07. The van der Waals surface area contributed by atoms with Gasteiger partial charge >= 0.3 is 0 Å². The standard InChI is InChI=1S/C14H14ClN3OS2/c1-3-8-16-13-17-18-14(21-13)20-9(2)12(19)10-4-6-11(15)7-5-10/h3-7,9H,1,8H2,2H3,(H,16,17)/t9-/m1/s1. The van der Waals surface area contributed by atoms with Gasteiger partial charge in [0.05, 0.1) is 5.25 Å². The van der Waals surface area contributed by atoms with Crippen molar-refractivity contribution in [2.75, 3.05) is 11.9 Å². The van der Waals surface area contributed by atoms with Crippen molar-refractivity contribution in [2.24, 2.45) is 0 Å². The number of ketones is 1. The van der Waals surface area contributed by atoms with E-state index in [9.17, 15) is 4.79 Å². The minimum Gasteiger partial charge on any atom is -0.357 e. The van der Waals surface area contributed by atoms with Crippen LogP contribution in [0.4, 0.5) is 5.13 Å². The normalized spacial score (nSPS) is 11.9. The fraction of sp³-hybridized carbons (Fsp3) is 0.214. The number of halogens is 1. The van der Waals surface area contributed by atoms with E-state index in [0.717, 1.165) is 9.47 Å². The number of hydrogen-bond donors (Lipinski definition) is 1. The highest BCUT2D eigenvalue weighted by Gasteiger charge is 2.18. The number of hydrogen-bond acceptors (Lipinski definition) is 6. The van der Waals surface area contributed by atoms with Crippen molar-refractivity contribution < 1.29 is 4.79 Å². The van der Waals surface area contributed by atoms with Crippen LogP contribution in [0.2, 0.25) is 5.02 Å². The van der Waals surface area contributed by atoms with E-state index in [4.69, 9.17) is 11.6 Å². The minimum atomic E-state index is -0.230. The second kappa shape index (κ2) is 7.59. The number of aromatic nitrogens is 2. The molecule has 0 aliphatic heterocycles. The van der Waals surface area contributed by atoms with Crippen LogP contribution in [0.1, 0.15) is 17.3 Å². The van der Waals surface area contributed by atoms with Gasteiger partial charge in [-0.1, -0.05) is 40.8 Å². The van der Waals surface area contributed by atoms with Crippen LogP contribution in [-0.2, 0) is 0 Å². The molecule has 110 valence electrons. The lowest BCUT2D eigenvalue weighted by molar-refractivity contribution is 0.0994. The van der Waals surface area contributed by atoms with Crippen LogP contribution in [-0.4, -0.2) is 27.8 Å². The molecular formula is C14H14ClN3OS2. The van der Waals surface area contributed by atoms with Gasteiger partial charge in [0.2, 0.25) is 5.13 Å². The quantitative estimate of drug-likeness (QED) is 0.466. The Morgan fingerprint density at radius 2 is 2.19 bits per heavy atom. The Hall–Kier alpha value is -1.37. The maximum absolute atomic E-state index is 12.3. The van der Waals surface area contributed by atoms with Gasteiger partial charge in [0, 0.05) is 17.1 Å². The average molecular weight is 340 g/mol. The molecule has 1 aromatic carbocycles. The number of benzene rings is 1. The fourth-order valence-electron chi connectivity index (χ4n) is 1.54. The zero-order valence-electron chi connectivity index (χ0n) is 11.4. The number of carbonyl (C=O) groups excluding carboxylic acids is 1. The minimum absolute atomic E-state index is 0.0486. The van der Waals surface area contributed by atoms with Crippen LogP contribution >= 0.6 is 34.7 Å². The Kier molecular flexibility index (Phi) is 5.78. The van der Waals surface area contributed by atoms with Crippen molar-refractivity contribution in [1.29, 1.82) is 0 Å². The summed E-state index contributed by atoms with van der Waals surface area (Å²) in [5.74, 6) is 0.0486. The molecule has 1 heterocycles. The van der Waals surface area contributed by atoms with Crippen LogP contribution in [0, 0.1) is 0 Å². The van der Waals surface area contributed by atoms with E-state index in [2.05, 4.69) is 22.1 Å². The molecule has 0 saturated carbocycles. The molecule has 7 heteroatoms. The van der Waals surface area contributed by atoms with Crippen LogP contribution < -0.4 is 5.32 Å². The lowest BCUT2D eigenvalue weighted by Crippen LogP contribution is -2.13. The molecule has 0 radical (unpaired) electrons. The molecule has 0 unspecified atom stereocenters. The number of carbonyl (C=O) groups is 1. The maximum atomic E-state index is 12.3. The molecule has 1 N–H and O–H groups in total.